The van der Waals surface area contributed by atoms with Crippen LogP contribution in [0.2, 0.25) is 10.6 Å². The molecule has 4 bridgehead atoms. The molecule has 0 radical (unpaired) electrons. The number of hydrogen-bond donors (Lipinski definition) is 2. The summed E-state index contributed by atoms with van der Waals surface area (Å²) in [5, 5.41) is 5.59. The molecule has 4 fully saturated rings. The highest BCUT2D eigenvalue weighted by Crippen LogP contribution is 2.41. The number of piperidine rings is 2. The molecule has 2 saturated carbocycles. The number of halogens is 5. The summed E-state index contributed by atoms with van der Waals surface area (Å²) in [4.78, 5) is 52.0. The number of anilines is 2. The molecule has 4 aliphatic rings. The van der Waals surface area contributed by atoms with Gasteiger partial charge >= 0.3 is 6.09 Å². The summed E-state index contributed by atoms with van der Waals surface area (Å²) in [6, 6.07) is -0.0542. The van der Waals surface area contributed by atoms with Crippen molar-refractivity contribution in [2.75, 3.05) is 23.7 Å². The highest BCUT2D eigenvalue weighted by Gasteiger charge is 2.49. The van der Waals surface area contributed by atoms with Gasteiger partial charge in [-0.15, -0.1) is 0 Å². The number of carbonyl (C=O) groups is 3. The maximum Gasteiger partial charge on any atom is 0.410 e. The normalized spacial score (nSPS) is 24.9. The van der Waals surface area contributed by atoms with E-state index in [4.69, 9.17) is 39.5 Å². The van der Waals surface area contributed by atoms with E-state index in [-0.39, 0.29) is 58.4 Å². The molecular formula is C31H37Cl3F2N8O4. The fourth-order valence-electron chi connectivity index (χ4n) is 6.51. The molecule has 2 amide bonds. The molecule has 2 aliphatic heterocycles. The van der Waals surface area contributed by atoms with Crippen LogP contribution in [0.1, 0.15) is 46.5 Å². The maximum atomic E-state index is 13.8. The zero-order valence-corrected chi connectivity index (χ0v) is 28.9. The van der Waals surface area contributed by atoms with Crippen LogP contribution in [0.15, 0.2) is 37.7 Å². The molecule has 12 nitrogen and oxygen atoms in total. The summed E-state index contributed by atoms with van der Waals surface area (Å²) < 4.78 is 32.9. The average molecular weight is 730 g/mol. The predicted molar refractivity (Wildman–Crippen MR) is 178 cm³/mol. The fourth-order valence-corrected chi connectivity index (χ4v) is 6.77. The SMILES string of the molecule is C=CC(=O)Cl.C=CC(=O)N1CC2CC(Nc3nc(Cl)ncc3F)C1C2.CC(C)(C)OC(=O)N1CC2CC(Nc3nc(Cl)ncc3F)C1C2. The van der Waals surface area contributed by atoms with Crippen molar-refractivity contribution < 1.29 is 27.9 Å². The van der Waals surface area contributed by atoms with Crippen LogP contribution in [0.3, 0.4) is 0 Å². The molecular weight excluding hydrogens is 693 g/mol. The molecule has 2 N–H and O–H groups in total. The Morgan fingerprint density at radius 1 is 0.854 bits per heavy atom. The first-order valence-electron chi connectivity index (χ1n) is 15.2. The van der Waals surface area contributed by atoms with Gasteiger partial charge in [-0.1, -0.05) is 13.2 Å². The van der Waals surface area contributed by atoms with Crippen molar-refractivity contribution in [3.8, 4) is 0 Å². The zero-order chi connectivity index (χ0) is 35.3. The van der Waals surface area contributed by atoms with Gasteiger partial charge in [0.1, 0.15) is 5.60 Å². The summed E-state index contributed by atoms with van der Waals surface area (Å²) in [6.07, 6.45) is 7.69. The van der Waals surface area contributed by atoms with Gasteiger partial charge in [0.2, 0.25) is 21.7 Å². The molecule has 260 valence electrons. The molecule has 2 aliphatic carbocycles. The van der Waals surface area contributed by atoms with E-state index in [9.17, 15) is 23.2 Å². The first kappa shape index (κ1) is 37.2. The number of rotatable bonds is 6. The Morgan fingerprint density at radius 2 is 1.29 bits per heavy atom. The lowest BCUT2D eigenvalue weighted by Gasteiger charge is -2.35. The number of allylic oxidation sites excluding steroid dienone is 1. The van der Waals surface area contributed by atoms with Gasteiger partial charge in [0.15, 0.2) is 23.3 Å². The minimum Gasteiger partial charge on any atom is -0.444 e. The van der Waals surface area contributed by atoms with Gasteiger partial charge in [-0.05, 0) is 105 Å². The fraction of sp³-hybridized carbons (Fsp3) is 0.516. The smallest absolute Gasteiger partial charge is 0.410 e. The van der Waals surface area contributed by atoms with Gasteiger partial charge in [-0.25, -0.2) is 23.5 Å². The van der Waals surface area contributed by atoms with Gasteiger partial charge in [0.05, 0.1) is 24.5 Å². The third kappa shape index (κ3) is 9.50. The third-order valence-electron chi connectivity index (χ3n) is 8.28. The van der Waals surface area contributed by atoms with E-state index < -0.39 is 22.5 Å². The molecule has 6 unspecified atom stereocenters. The predicted octanol–water partition coefficient (Wildman–Crippen LogP) is 5.87. The second-order valence-corrected chi connectivity index (χ2v) is 13.9. The van der Waals surface area contributed by atoms with Crippen LogP contribution in [0, 0.1) is 23.5 Å². The van der Waals surface area contributed by atoms with Crippen molar-refractivity contribution in [1.82, 2.24) is 29.7 Å². The summed E-state index contributed by atoms with van der Waals surface area (Å²) in [6.45, 7) is 13.6. The number of aromatic nitrogens is 4. The Labute approximate surface area is 292 Å². The van der Waals surface area contributed by atoms with Crippen molar-refractivity contribution in [3.05, 3.63) is 59.9 Å². The number of nitrogens with one attached hydrogen (secondary N) is 2. The Morgan fingerprint density at radius 3 is 1.69 bits per heavy atom. The van der Waals surface area contributed by atoms with Crippen LogP contribution >= 0.6 is 34.8 Å². The number of carbonyl (C=O) groups excluding carboxylic acids is 3. The Bertz CT molecular complexity index is 1550. The van der Waals surface area contributed by atoms with Crippen LogP contribution < -0.4 is 10.6 Å². The number of fused-ring (bicyclic) bond motifs is 4. The number of hydrogen-bond acceptors (Lipinski definition) is 10. The van der Waals surface area contributed by atoms with Crippen LogP contribution in [0.25, 0.3) is 0 Å². The lowest BCUT2D eigenvalue weighted by atomic mass is 10.1. The zero-order valence-electron chi connectivity index (χ0n) is 26.6. The van der Waals surface area contributed by atoms with Gasteiger partial charge < -0.3 is 25.2 Å². The van der Waals surface area contributed by atoms with E-state index in [2.05, 4.69) is 43.7 Å². The molecule has 2 saturated heterocycles. The lowest BCUT2D eigenvalue weighted by molar-refractivity contribution is -0.127. The molecule has 4 heterocycles. The minimum atomic E-state index is -0.555. The van der Waals surface area contributed by atoms with E-state index in [0.29, 0.717) is 18.4 Å². The minimum absolute atomic E-state index is 0.00363. The van der Waals surface area contributed by atoms with Gasteiger partial charge in [-0.2, -0.15) is 9.97 Å². The Hall–Kier alpha value is -3.62. The van der Waals surface area contributed by atoms with Crippen LogP contribution in [-0.4, -0.2) is 89.8 Å². The molecule has 0 spiro atoms. The second-order valence-electron chi connectivity index (χ2n) is 12.8. The number of likely N-dealkylation sites (tertiary alicyclic amines) is 2. The summed E-state index contributed by atoms with van der Waals surface area (Å²) in [5.74, 6) is -0.169. The van der Waals surface area contributed by atoms with Crippen molar-refractivity contribution in [2.24, 2.45) is 11.8 Å². The highest BCUT2D eigenvalue weighted by atomic mass is 35.5. The summed E-state index contributed by atoms with van der Waals surface area (Å²) in [5.41, 5.74) is -0.534. The number of amides is 2. The summed E-state index contributed by atoms with van der Waals surface area (Å²) in [7, 11) is 0. The van der Waals surface area contributed by atoms with Crippen molar-refractivity contribution in [3.63, 3.8) is 0 Å². The first-order chi connectivity index (χ1) is 22.6. The van der Waals surface area contributed by atoms with E-state index in [0.717, 1.165) is 50.7 Å². The quantitative estimate of drug-likeness (QED) is 0.211. The molecule has 6 atom stereocenters. The molecule has 17 heteroatoms. The van der Waals surface area contributed by atoms with Crippen LogP contribution in [0.5, 0.6) is 0 Å². The molecule has 48 heavy (non-hydrogen) atoms. The van der Waals surface area contributed by atoms with Crippen molar-refractivity contribution in [1.29, 1.82) is 0 Å². The van der Waals surface area contributed by atoms with Crippen LogP contribution in [-0.2, 0) is 14.3 Å². The monoisotopic (exact) mass is 728 g/mol. The van der Waals surface area contributed by atoms with E-state index in [1.807, 2.05) is 20.8 Å². The van der Waals surface area contributed by atoms with Gasteiger partial charge in [-0.3, -0.25) is 9.59 Å². The third-order valence-corrected chi connectivity index (χ3v) is 8.80. The Balaban J connectivity index is 0.000000192. The second kappa shape index (κ2) is 15.7. The highest BCUT2D eigenvalue weighted by molar-refractivity contribution is 6.66. The Kier molecular flexibility index (Phi) is 12.2. The van der Waals surface area contributed by atoms with E-state index in [1.165, 1.54) is 6.08 Å². The molecule has 2 aromatic rings. The molecule has 2 aromatic heterocycles. The van der Waals surface area contributed by atoms with E-state index in [1.54, 1.807) is 9.80 Å². The lowest BCUT2D eigenvalue weighted by Crippen LogP contribution is -2.49. The average Bonchev–Trinajstić information content (AvgIpc) is 3.81. The van der Waals surface area contributed by atoms with Gasteiger partial charge in [0.25, 0.3) is 0 Å². The topological polar surface area (TPSA) is 143 Å². The number of ether oxygens (including phenoxy) is 1. The van der Waals surface area contributed by atoms with Crippen LogP contribution in [0.4, 0.5) is 25.2 Å². The maximum absolute atomic E-state index is 13.8. The van der Waals surface area contributed by atoms with Gasteiger partial charge in [0, 0.05) is 25.2 Å². The largest absolute Gasteiger partial charge is 0.444 e. The molecule has 0 aromatic carbocycles. The number of nitrogens with zero attached hydrogens (tertiary/aromatic N) is 6. The molecule has 6 rings (SSSR count). The van der Waals surface area contributed by atoms with Crippen molar-refractivity contribution >= 4 is 63.7 Å². The van der Waals surface area contributed by atoms with E-state index >= 15 is 0 Å². The first-order valence-corrected chi connectivity index (χ1v) is 16.4. The van der Waals surface area contributed by atoms with Crippen molar-refractivity contribution in [2.45, 2.75) is 76.2 Å². The summed E-state index contributed by atoms with van der Waals surface area (Å²) >= 11 is 16.1. The standard InChI is InChI=1S/C15H20ClFN4O2.C13H14ClFN4O.C3H3ClO/c1-15(2,3)23-14(22)21-7-8-4-10(11(21)5-8)19-12-9(17)6-18-13(16)20-12;1-2-11(20)19-6-7-3-9(10(19)4-7)17-12-8(15)5-16-13(14)18-12;1-2-3(4)5/h6,8,10-11H,4-5,7H2,1-3H3,(H,18,19,20);2,5,7,9-10H,1,3-4,6H2,(H,16,17,18);2H,1H2.